The van der Waals surface area contributed by atoms with Gasteiger partial charge in [-0.1, -0.05) is 0 Å². The number of hydrogen-bond donors (Lipinski definition) is 2. The fourth-order valence-corrected chi connectivity index (χ4v) is 2.77. The van der Waals surface area contributed by atoms with Gasteiger partial charge in [-0.25, -0.2) is 4.79 Å². The molecule has 7 heteroatoms. The van der Waals surface area contributed by atoms with E-state index in [1.165, 1.54) is 6.66 Å². The predicted octanol–water partition coefficient (Wildman–Crippen LogP) is 0.529. The number of carbonyl (C=O) groups excluding carboxylic acids is 2. The molecule has 2 atom stereocenters. The number of imide groups is 1. The molecule has 1 heterocycles. The van der Waals surface area contributed by atoms with Gasteiger partial charge in [0.25, 0.3) is 5.91 Å². The van der Waals surface area contributed by atoms with Gasteiger partial charge in [0.15, 0.2) is 7.37 Å². The van der Waals surface area contributed by atoms with E-state index in [-0.39, 0.29) is 5.91 Å². The summed E-state index contributed by atoms with van der Waals surface area (Å²) in [6.07, 6.45) is 0.630. The molecule has 1 fully saturated rings. The summed E-state index contributed by atoms with van der Waals surface area (Å²) < 4.78 is 16.8. The number of nitrogens with one attached hydrogen (secondary N) is 2. The zero-order valence-electron chi connectivity index (χ0n) is 8.78. The second-order valence-electron chi connectivity index (χ2n) is 3.46. The van der Waals surface area contributed by atoms with Crippen LogP contribution in [0.4, 0.5) is 4.79 Å². The molecule has 0 radical (unpaired) electrons. The van der Waals surface area contributed by atoms with E-state index in [1.54, 1.807) is 6.92 Å². The Kier molecular flexibility index (Phi) is 3.88. The van der Waals surface area contributed by atoms with Crippen LogP contribution in [0.1, 0.15) is 13.3 Å². The summed E-state index contributed by atoms with van der Waals surface area (Å²) in [5.74, 6) is -0.364. The number of hydrogen-bond acceptors (Lipinski definition) is 4. The molecule has 1 aliphatic heterocycles. The van der Waals surface area contributed by atoms with Crippen LogP contribution in [-0.4, -0.2) is 37.4 Å². The summed E-state index contributed by atoms with van der Waals surface area (Å²) in [5.41, 5.74) is 0. The number of amides is 3. The molecule has 1 rings (SSSR count). The fourth-order valence-electron chi connectivity index (χ4n) is 1.36. The maximum absolute atomic E-state index is 11.7. The summed E-state index contributed by atoms with van der Waals surface area (Å²) in [4.78, 5) is 21.9. The highest BCUT2D eigenvalue weighted by Gasteiger charge is 2.30. The number of carbonyl (C=O) groups is 2. The van der Waals surface area contributed by atoms with Gasteiger partial charge in [-0.2, -0.15) is 0 Å². The standard InChI is InChI=1S/C8H15N2O4P/c1-3-14-15(2,13)5-4-6-7(11)10-8(12)9-6/h6H,3-5H2,1-2H3,(H2,9,10,11,12)/t6-,15?/m0/s1. The SMILES string of the molecule is CCOP(C)(=O)CC[C@@H]1NC(=O)NC1=O. The van der Waals surface area contributed by atoms with E-state index < -0.39 is 19.4 Å². The van der Waals surface area contributed by atoms with E-state index >= 15 is 0 Å². The molecule has 0 bridgehead atoms. The lowest BCUT2D eigenvalue weighted by atomic mass is 10.2. The normalized spacial score (nSPS) is 24.5. The molecule has 0 spiro atoms. The van der Waals surface area contributed by atoms with E-state index in [4.69, 9.17) is 4.52 Å². The van der Waals surface area contributed by atoms with Crippen molar-refractivity contribution in [2.75, 3.05) is 19.4 Å². The molecule has 15 heavy (non-hydrogen) atoms. The molecule has 0 aliphatic carbocycles. The van der Waals surface area contributed by atoms with Crippen molar-refractivity contribution >= 4 is 19.3 Å². The fraction of sp³-hybridized carbons (Fsp3) is 0.750. The molecule has 0 aromatic rings. The lowest BCUT2D eigenvalue weighted by Crippen LogP contribution is -2.29. The van der Waals surface area contributed by atoms with Gasteiger partial charge in [0.1, 0.15) is 6.04 Å². The molecule has 0 saturated carbocycles. The monoisotopic (exact) mass is 234 g/mol. The van der Waals surface area contributed by atoms with Gasteiger partial charge in [-0.05, 0) is 13.3 Å². The van der Waals surface area contributed by atoms with Crippen LogP contribution in [0, 0.1) is 0 Å². The highest BCUT2D eigenvalue weighted by molar-refractivity contribution is 7.58. The van der Waals surface area contributed by atoms with Crippen LogP contribution >= 0.6 is 7.37 Å². The van der Waals surface area contributed by atoms with Crippen molar-refractivity contribution < 1.29 is 18.7 Å². The molecule has 86 valence electrons. The van der Waals surface area contributed by atoms with E-state index in [1.807, 2.05) is 0 Å². The summed E-state index contributed by atoms with van der Waals surface area (Å²) in [6.45, 7) is 3.68. The molecule has 1 unspecified atom stereocenters. The van der Waals surface area contributed by atoms with Crippen LogP contribution in [-0.2, 0) is 13.9 Å². The third kappa shape index (κ3) is 3.64. The molecule has 6 nitrogen and oxygen atoms in total. The predicted molar refractivity (Wildman–Crippen MR) is 55.1 cm³/mol. The van der Waals surface area contributed by atoms with Gasteiger partial charge in [0, 0.05) is 12.8 Å². The largest absolute Gasteiger partial charge is 0.329 e. The molecule has 1 saturated heterocycles. The van der Waals surface area contributed by atoms with Crippen molar-refractivity contribution in [1.82, 2.24) is 10.6 Å². The summed E-state index contributed by atoms with van der Waals surface area (Å²) in [6, 6.07) is -1.07. The number of rotatable bonds is 5. The average Bonchev–Trinajstić information content (AvgIpc) is 2.42. The van der Waals surface area contributed by atoms with E-state index in [0.29, 0.717) is 19.2 Å². The van der Waals surface area contributed by atoms with Crippen LogP contribution in [0.5, 0.6) is 0 Å². The Morgan fingerprint density at radius 1 is 1.47 bits per heavy atom. The smallest absolute Gasteiger partial charge is 0.322 e. The van der Waals surface area contributed by atoms with Crippen molar-refractivity contribution in [3.05, 3.63) is 0 Å². The van der Waals surface area contributed by atoms with Gasteiger partial charge in [-0.3, -0.25) is 14.7 Å². The van der Waals surface area contributed by atoms with E-state index in [9.17, 15) is 14.2 Å². The Morgan fingerprint density at radius 3 is 2.60 bits per heavy atom. The lowest BCUT2D eigenvalue weighted by molar-refractivity contribution is -0.120. The summed E-state index contributed by atoms with van der Waals surface area (Å²) in [7, 11) is -2.62. The van der Waals surface area contributed by atoms with Gasteiger partial charge < -0.3 is 9.84 Å². The number of urea groups is 1. The Balaban J connectivity index is 2.40. The van der Waals surface area contributed by atoms with Gasteiger partial charge in [0.2, 0.25) is 0 Å². The third-order valence-electron chi connectivity index (χ3n) is 2.08. The molecular weight excluding hydrogens is 219 g/mol. The molecule has 0 aromatic carbocycles. The quantitative estimate of drug-likeness (QED) is 0.536. The zero-order chi connectivity index (χ0) is 11.5. The second kappa shape index (κ2) is 4.77. The van der Waals surface area contributed by atoms with Crippen molar-refractivity contribution in [3.63, 3.8) is 0 Å². The van der Waals surface area contributed by atoms with Gasteiger partial charge >= 0.3 is 6.03 Å². The summed E-state index contributed by atoms with van der Waals surface area (Å²) in [5, 5.41) is 4.56. The van der Waals surface area contributed by atoms with Crippen molar-refractivity contribution in [2.24, 2.45) is 0 Å². The third-order valence-corrected chi connectivity index (χ3v) is 3.96. The van der Waals surface area contributed by atoms with Crippen LogP contribution in [0.3, 0.4) is 0 Å². The first-order chi connectivity index (χ1) is 6.94. The highest BCUT2D eigenvalue weighted by atomic mass is 31.2. The molecule has 0 aromatic heterocycles. The molecule has 1 aliphatic rings. The first-order valence-electron chi connectivity index (χ1n) is 4.77. The maximum Gasteiger partial charge on any atom is 0.322 e. The first-order valence-corrected chi connectivity index (χ1v) is 7.03. The van der Waals surface area contributed by atoms with Crippen LogP contribution in [0.15, 0.2) is 0 Å². The Bertz CT molecular complexity index is 318. The van der Waals surface area contributed by atoms with Crippen molar-refractivity contribution in [3.8, 4) is 0 Å². The van der Waals surface area contributed by atoms with Crippen molar-refractivity contribution in [1.29, 1.82) is 0 Å². The minimum atomic E-state index is -2.62. The topological polar surface area (TPSA) is 84.5 Å². The van der Waals surface area contributed by atoms with Crippen LogP contribution in [0.25, 0.3) is 0 Å². The van der Waals surface area contributed by atoms with E-state index in [0.717, 1.165) is 0 Å². The van der Waals surface area contributed by atoms with E-state index in [2.05, 4.69) is 10.6 Å². The minimum absolute atomic E-state index is 0.291. The molecule has 3 amide bonds. The Hall–Kier alpha value is -0.870. The summed E-state index contributed by atoms with van der Waals surface area (Å²) >= 11 is 0. The van der Waals surface area contributed by atoms with Crippen LogP contribution in [0.2, 0.25) is 0 Å². The highest BCUT2D eigenvalue weighted by Crippen LogP contribution is 2.43. The van der Waals surface area contributed by atoms with Gasteiger partial charge in [0.05, 0.1) is 6.61 Å². The minimum Gasteiger partial charge on any atom is -0.329 e. The lowest BCUT2D eigenvalue weighted by Gasteiger charge is -2.13. The Labute approximate surface area is 88.2 Å². The zero-order valence-corrected chi connectivity index (χ0v) is 9.67. The van der Waals surface area contributed by atoms with Crippen LogP contribution < -0.4 is 10.6 Å². The Morgan fingerprint density at radius 2 is 2.13 bits per heavy atom. The maximum atomic E-state index is 11.7. The second-order valence-corrected chi connectivity index (χ2v) is 6.19. The average molecular weight is 234 g/mol. The molecule has 2 N–H and O–H groups in total. The first kappa shape index (κ1) is 12.2. The van der Waals surface area contributed by atoms with Gasteiger partial charge in [-0.15, -0.1) is 0 Å². The van der Waals surface area contributed by atoms with Crippen molar-refractivity contribution in [2.45, 2.75) is 19.4 Å². The molecular formula is C8H15N2O4P.